The fourth-order valence-electron chi connectivity index (χ4n) is 2.03. The Balaban J connectivity index is 1.86. The molecule has 2 unspecified atom stereocenters. The second-order valence-electron chi connectivity index (χ2n) is 3.97. The Labute approximate surface area is 83.0 Å². The normalized spacial score (nSPS) is 28.6. The van der Waals surface area contributed by atoms with Crippen LogP contribution >= 0.6 is 0 Å². The molecule has 74 valence electrons. The molecule has 1 saturated heterocycles. The Morgan fingerprint density at radius 2 is 2.07 bits per heavy atom. The third kappa shape index (κ3) is 1.16. The molecule has 0 spiro atoms. The minimum Gasteiger partial charge on any atom is -0.454 e. The van der Waals surface area contributed by atoms with Crippen LogP contribution in [0.1, 0.15) is 24.9 Å². The van der Waals surface area contributed by atoms with E-state index in [1.54, 1.807) is 0 Å². The SMILES string of the molecule is CC1CC(c2ccc3c(c2)OCO3)N1. The average Bonchev–Trinajstić information content (AvgIpc) is 2.59. The van der Waals surface area contributed by atoms with Crippen molar-refractivity contribution in [3.63, 3.8) is 0 Å². The Morgan fingerprint density at radius 3 is 2.86 bits per heavy atom. The molecule has 1 aromatic rings. The van der Waals surface area contributed by atoms with Gasteiger partial charge in [0.2, 0.25) is 6.79 Å². The third-order valence-corrected chi connectivity index (χ3v) is 2.87. The smallest absolute Gasteiger partial charge is 0.231 e. The van der Waals surface area contributed by atoms with E-state index in [4.69, 9.17) is 9.47 Å². The van der Waals surface area contributed by atoms with E-state index in [1.807, 2.05) is 6.07 Å². The lowest BCUT2D eigenvalue weighted by molar-refractivity contribution is 0.174. The van der Waals surface area contributed by atoms with Gasteiger partial charge in [0.15, 0.2) is 11.5 Å². The second kappa shape index (κ2) is 2.89. The van der Waals surface area contributed by atoms with Crippen LogP contribution in [0.4, 0.5) is 0 Å². The van der Waals surface area contributed by atoms with Crippen molar-refractivity contribution in [2.75, 3.05) is 6.79 Å². The first-order chi connectivity index (χ1) is 6.83. The van der Waals surface area contributed by atoms with Gasteiger partial charge in [0, 0.05) is 12.1 Å². The van der Waals surface area contributed by atoms with Crippen LogP contribution in [-0.4, -0.2) is 12.8 Å². The Bertz CT molecular complexity index is 358. The lowest BCUT2D eigenvalue weighted by Gasteiger charge is -2.35. The predicted octanol–water partition coefficient (Wildman–Crippen LogP) is 1.84. The zero-order valence-electron chi connectivity index (χ0n) is 8.12. The van der Waals surface area contributed by atoms with Crippen LogP contribution in [0.2, 0.25) is 0 Å². The summed E-state index contributed by atoms with van der Waals surface area (Å²) < 4.78 is 10.6. The van der Waals surface area contributed by atoms with Gasteiger partial charge < -0.3 is 14.8 Å². The van der Waals surface area contributed by atoms with Crippen molar-refractivity contribution >= 4 is 0 Å². The van der Waals surface area contributed by atoms with Crippen LogP contribution < -0.4 is 14.8 Å². The van der Waals surface area contributed by atoms with Crippen LogP contribution in [0.25, 0.3) is 0 Å². The predicted molar refractivity (Wildman–Crippen MR) is 52.5 cm³/mol. The number of nitrogens with one attached hydrogen (secondary N) is 1. The van der Waals surface area contributed by atoms with E-state index >= 15 is 0 Å². The van der Waals surface area contributed by atoms with Gasteiger partial charge in [0.05, 0.1) is 0 Å². The van der Waals surface area contributed by atoms with Crippen molar-refractivity contribution < 1.29 is 9.47 Å². The third-order valence-electron chi connectivity index (χ3n) is 2.87. The summed E-state index contributed by atoms with van der Waals surface area (Å²) in [6.45, 7) is 2.55. The van der Waals surface area contributed by atoms with Crippen LogP contribution in [0.3, 0.4) is 0 Å². The Morgan fingerprint density at radius 1 is 1.29 bits per heavy atom. The molecule has 14 heavy (non-hydrogen) atoms. The molecule has 1 aromatic carbocycles. The molecule has 0 aromatic heterocycles. The van der Waals surface area contributed by atoms with E-state index in [0.717, 1.165) is 11.5 Å². The molecule has 0 bridgehead atoms. The molecule has 1 fully saturated rings. The molecular formula is C11H13NO2. The lowest BCUT2D eigenvalue weighted by atomic mass is 9.92. The van der Waals surface area contributed by atoms with Crippen molar-refractivity contribution in [3.8, 4) is 11.5 Å². The molecule has 3 rings (SSSR count). The number of fused-ring (bicyclic) bond motifs is 1. The van der Waals surface area contributed by atoms with Gasteiger partial charge >= 0.3 is 0 Å². The molecular weight excluding hydrogens is 178 g/mol. The topological polar surface area (TPSA) is 30.5 Å². The Hall–Kier alpha value is -1.22. The van der Waals surface area contributed by atoms with Gasteiger partial charge in [-0.25, -0.2) is 0 Å². The maximum Gasteiger partial charge on any atom is 0.231 e. The van der Waals surface area contributed by atoms with Crippen LogP contribution in [0, 0.1) is 0 Å². The van der Waals surface area contributed by atoms with Gasteiger partial charge in [0.25, 0.3) is 0 Å². The summed E-state index contributed by atoms with van der Waals surface area (Å²) in [7, 11) is 0. The average molecular weight is 191 g/mol. The molecule has 2 heterocycles. The van der Waals surface area contributed by atoms with Crippen molar-refractivity contribution in [3.05, 3.63) is 23.8 Å². The molecule has 0 radical (unpaired) electrons. The lowest BCUT2D eigenvalue weighted by Crippen LogP contribution is -2.43. The van der Waals surface area contributed by atoms with E-state index in [2.05, 4.69) is 24.4 Å². The van der Waals surface area contributed by atoms with E-state index < -0.39 is 0 Å². The minimum absolute atomic E-state index is 0.354. The van der Waals surface area contributed by atoms with E-state index in [9.17, 15) is 0 Å². The summed E-state index contributed by atoms with van der Waals surface area (Å²) >= 11 is 0. The van der Waals surface area contributed by atoms with Gasteiger partial charge in [-0.05, 0) is 31.0 Å². The largest absolute Gasteiger partial charge is 0.454 e. The van der Waals surface area contributed by atoms with Crippen LogP contribution in [-0.2, 0) is 0 Å². The van der Waals surface area contributed by atoms with Gasteiger partial charge in [-0.1, -0.05) is 6.07 Å². The summed E-state index contributed by atoms with van der Waals surface area (Å²) in [4.78, 5) is 0. The summed E-state index contributed by atoms with van der Waals surface area (Å²) in [5.41, 5.74) is 1.30. The van der Waals surface area contributed by atoms with Crippen molar-refractivity contribution in [1.82, 2.24) is 5.32 Å². The summed E-state index contributed by atoms with van der Waals surface area (Å²) in [6, 6.07) is 7.32. The van der Waals surface area contributed by atoms with Gasteiger partial charge in [-0.3, -0.25) is 0 Å². The molecule has 0 amide bonds. The fraction of sp³-hybridized carbons (Fsp3) is 0.455. The van der Waals surface area contributed by atoms with Crippen molar-refractivity contribution in [2.24, 2.45) is 0 Å². The molecule has 0 aliphatic carbocycles. The molecule has 1 N–H and O–H groups in total. The van der Waals surface area contributed by atoms with Crippen molar-refractivity contribution in [2.45, 2.75) is 25.4 Å². The highest BCUT2D eigenvalue weighted by Crippen LogP contribution is 2.36. The monoisotopic (exact) mass is 191 g/mol. The zero-order chi connectivity index (χ0) is 9.54. The van der Waals surface area contributed by atoms with E-state index in [0.29, 0.717) is 18.9 Å². The first-order valence-electron chi connectivity index (χ1n) is 4.98. The van der Waals surface area contributed by atoms with Crippen LogP contribution in [0.15, 0.2) is 18.2 Å². The molecule has 0 saturated carbocycles. The number of ether oxygens (including phenoxy) is 2. The number of benzene rings is 1. The van der Waals surface area contributed by atoms with E-state index in [-0.39, 0.29) is 0 Å². The fourth-order valence-corrected chi connectivity index (χ4v) is 2.03. The van der Waals surface area contributed by atoms with Crippen LogP contribution in [0.5, 0.6) is 11.5 Å². The molecule has 3 heteroatoms. The first kappa shape index (κ1) is 8.12. The zero-order valence-corrected chi connectivity index (χ0v) is 8.12. The molecule has 2 aliphatic heterocycles. The highest BCUT2D eigenvalue weighted by Gasteiger charge is 2.27. The van der Waals surface area contributed by atoms with Gasteiger partial charge in [-0.15, -0.1) is 0 Å². The summed E-state index contributed by atoms with van der Waals surface area (Å²) in [5.74, 6) is 1.74. The highest BCUT2D eigenvalue weighted by molar-refractivity contribution is 5.45. The maximum atomic E-state index is 5.33. The number of hydrogen-bond acceptors (Lipinski definition) is 3. The highest BCUT2D eigenvalue weighted by atomic mass is 16.7. The number of rotatable bonds is 1. The summed E-state index contributed by atoms with van der Waals surface area (Å²) in [5, 5.41) is 3.45. The Kier molecular flexibility index (Phi) is 1.67. The number of hydrogen-bond donors (Lipinski definition) is 1. The first-order valence-corrected chi connectivity index (χ1v) is 4.98. The quantitative estimate of drug-likeness (QED) is 0.734. The van der Waals surface area contributed by atoms with E-state index in [1.165, 1.54) is 12.0 Å². The second-order valence-corrected chi connectivity index (χ2v) is 3.97. The molecule has 3 nitrogen and oxygen atoms in total. The van der Waals surface area contributed by atoms with Gasteiger partial charge in [0.1, 0.15) is 0 Å². The summed E-state index contributed by atoms with van der Waals surface area (Å²) in [6.07, 6.45) is 1.21. The van der Waals surface area contributed by atoms with Gasteiger partial charge in [-0.2, -0.15) is 0 Å². The molecule has 2 atom stereocenters. The maximum absolute atomic E-state index is 5.33. The standard InChI is InChI=1S/C11H13NO2/c1-7-4-9(12-7)8-2-3-10-11(5-8)14-6-13-10/h2-3,5,7,9,12H,4,6H2,1H3. The molecule has 2 aliphatic rings. The van der Waals surface area contributed by atoms with Crippen molar-refractivity contribution in [1.29, 1.82) is 0 Å². The minimum atomic E-state index is 0.354.